The summed E-state index contributed by atoms with van der Waals surface area (Å²) in [5.41, 5.74) is 2.54. The van der Waals surface area contributed by atoms with Crippen molar-refractivity contribution >= 4 is 5.97 Å². The SMILES string of the molecule is CC(O)c1nc(CC(O)c2nccn2Cc2cccc(C(=O)O)c2)cn1CC(O)Cc1ccccc1. The Balaban J connectivity index is 1.47. The van der Waals surface area contributed by atoms with Gasteiger partial charge in [-0.05, 0) is 30.2 Å². The first-order valence-electron chi connectivity index (χ1n) is 11.8. The highest BCUT2D eigenvalue weighted by Crippen LogP contribution is 2.21. The molecule has 0 amide bonds. The molecule has 4 N–H and O–H groups in total. The van der Waals surface area contributed by atoms with Crippen LogP contribution in [0.25, 0.3) is 0 Å². The lowest BCUT2D eigenvalue weighted by Crippen LogP contribution is -2.20. The van der Waals surface area contributed by atoms with Crippen LogP contribution in [0.2, 0.25) is 0 Å². The van der Waals surface area contributed by atoms with Gasteiger partial charge in [0.05, 0.1) is 23.9 Å². The van der Waals surface area contributed by atoms with Crippen LogP contribution < -0.4 is 0 Å². The second-order valence-corrected chi connectivity index (χ2v) is 8.90. The number of aliphatic hydroxyl groups excluding tert-OH is 3. The standard InChI is InChI=1S/C27H30N4O5/c1-18(32)25-29-22(16-31(25)17-23(33)13-19-6-3-2-4-7-19)14-24(34)26-28-10-11-30(26)15-20-8-5-9-21(12-20)27(35)36/h2-12,16,18,23-24,32-34H,13-15,17H2,1H3,(H,35,36). The van der Waals surface area contributed by atoms with Gasteiger partial charge in [0, 0.05) is 38.0 Å². The molecule has 9 nitrogen and oxygen atoms in total. The van der Waals surface area contributed by atoms with Gasteiger partial charge in [0.2, 0.25) is 0 Å². The molecule has 2 aromatic carbocycles. The Bertz CT molecular complexity index is 1300. The molecule has 9 heteroatoms. The van der Waals surface area contributed by atoms with E-state index >= 15 is 0 Å². The summed E-state index contributed by atoms with van der Waals surface area (Å²) in [4.78, 5) is 20.1. The van der Waals surface area contributed by atoms with Crippen LogP contribution in [0.1, 0.15) is 58.0 Å². The number of imidazole rings is 2. The van der Waals surface area contributed by atoms with Crippen molar-refractivity contribution in [3.63, 3.8) is 0 Å². The molecule has 2 heterocycles. The van der Waals surface area contributed by atoms with Crippen LogP contribution in [0.15, 0.2) is 73.2 Å². The highest BCUT2D eigenvalue weighted by molar-refractivity contribution is 5.87. The van der Waals surface area contributed by atoms with Gasteiger partial charge >= 0.3 is 5.97 Å². The second kappa shape index (κ2) is 11.3. The lowest BCUT2D eigenvalue weighted by molar-refractivity contribution is 0.0696. The predicted molar refractivity (Wildman–Crippen MR) is 132 cm³/mol. The van der Waals surface area contributed by atoms with Gasteiger partial charge in [0.25, 0.3) is 0 Å². The van der Waals surface area contributed by atoms with Crippen molar-refractivity contribution in [1.82, 2.24) is 19.1 Å². The number of aromatic nitrogens is 4. The average Bonchev–Trinajstić information content (AvgIpc) is 3.46. The Labute approximate surface area is 209 Å². The Hall–Kier alpha value is -3.79. The first-order chi connectivity index (χ1) is 17.3. The van der Waals surface area contributed by atoms with E-state index in [-0.39, 0.29) is 18.5 Å². The van der Waals surface area contributed by atoms with E-state index < -0.39 is 24.3 Å². The number of carboxylic acid groups (broad SMARTS) is 1. The van der Waals surface area contributed by atoms with Gasteiger partial charge in [-0.25, -0.2) is 14.8 Å². The third kappa shape index (κ3) is 6.25. The summed E-state index contributed by atoms with van der Waals surface area (Å²) in [6.45, 7) is 2.22. The largest absolute Gasteiger partial charge is 0.478 e. The summed E-state index contributed by atoms with van der Waals surface area (Å²) in [5, 5.41) is 41.0. The number of aromatic carboxylic acids is 1. The zero-order valence-corrected chi connectivity index (χ0v) is 20.0. The number of hydrogen-bond acceptors (Lipinski definition) is 6. The maximum absolute atomic E-state index is 11.3. The van der Waals surface area contributed by atoms with E-state index in [1.807, 2.05) is 36.4 Å². The maximum atomic E-state index is 11.3. The van der Waals surface area contributed by atoms with Gasteiger partial charge < -0.3 is 29.6 Å². The average molecular weight is 491 g/mol. The van der Waals surface area contributed by atoms with E-state index in [0.717, 1.165) is 11.1 Å². The van der Waals surface area contributed by atoms with Gasteiger partial charge in [-0.15, -0.1) is 0 Å². The van der Waals surface area contributed by atoms with E-state index in [0.29, 0.717) is 30.3 Å². The Kier molecular flexibility index (Phi) is 7.94. The summed E-state index contributed by atoms with van der Waals surface area (Å²) >= 11 is 0. The van der Waals surface area contributed by atoms with Crippen LogP contribution in [0, 0.1) is 0 Å². The zero-order valence-electron chi connectivity index (χ0n) is 20.0. The first kappa shape index (κ1) is 25.3. The van der Waals surface area contributed by atoms with Crippen LogP contribution in [-0.2, 0) is 25.9 Å². The predicted octanol–water partition coefficient (Wildman–Crippen LogP) is 2.76. The number of nitrogens with zero attached hydrogens (tertiary/aromatic N) is 4. The van der Waals surface area contributed by atoms with Crippen LogP contribution in [0.3, 0.4) is 0 Å². The summed E-state index contributed by atoms with van der Waals surface area (Å²) in [6.07, 6.45) is 3.20. The third-order valence-electron chi connectivity index (χ3n) is 5.93. The molecule has 0 radical (unpaired) electrons. The molecule has 4 rings (SSSR count). The molecule has 36 heavy (non-hydrogen) atoms. The molecule has 0 aliphatic heterocycles. The molecule has 4 aromatic rings. The maximum Gasteiger partial charge on any atom is 0.335 e. The molecule has 0 aliphatic rings. The molecule has 0 spiro atoms. The van der Waals surface area contributed by atoms with Gasteiger partial charge in [-0.2, -0.15) is 0 Å². The molecule has 0 saturated heterocycles. The molecule has 188 valence electrons. The van der Waals surface area contributed by atoms with Crippen LogP contribution >= 0.6 is 0 Å². The quantitative estimate of drug-likeness (QED) is 0.254. The Morgan fingerprint density at radius 1 is 0.944 bits per heavy atom. The number of carbonyl (C=O) groups is 1. The molecule has 2 aromatic heterocycles. The van der Waals surface area contributed by atoms with Crippen molar-refractivity contribution in [2.24, 2.45) is 0 Å². The molecule has 0 saturated carbocycles. The molecular weight excluding hydrogens is 460 g/mol. The van der Waals surface area contributed by atoms with Crippen LogP contribution in [0.5, 0.6) is 0 Å². The van der Waals surface area contributed by atoms with Crippen molar-refractivity contribution in [3.8, 4) is 0 Å². The molecule has 0 fully saturated rings. The normalized spacial score (nSPS) is 13.9. The van der Waals surface area contributed by atoms with Crippen molar-refractivity contribution < 1.29 is 25.2 Å². The van der Waals surface area contributed by atoms with Crippen molar-refractivity contribution in [1.29, 1.82) is 0 Å². The Morgan fingerprint density at radius 2 is 1.69 bits per heavy atom. The lowest BCUT2D eigenvalue weighted by Gasteiger charge is -2.14. The van der Waals surface area contributed by atoms with Gasteiger partial charge in [0.15, 0.2) is 0 Å². The smallest absolute Gasteiger partial charge is 0.335 e. The minimum atomic E-state index is -0.999. The molecule has 3 atom stereocenters. The van der Waals surface area contributed by atoms with Crippen molar-refractivity contribution in [3.05, 3.63) is 107 Å². The minimum Gasteiger partial charge on any atom is -0.478 e. The lowest BCUT2D eigenvalue weighted by atomic mass is 10.1. The number of benzene rings is 2. The van der Waals surface area contributed by atoms with Gasteiger partial charge in [-0.3, -0.25) is 0 Å². The fraction of sp³-hybridized carbons (Fsp3) is 0.296. The topological polar surface area (TPSA) is 134 Å². The fourth-order valence-corrected chi connectivity index (χ4v) is 4.28. The molecular formula is C27H30N4O5. The number of aliphatic hydroxyl groups is 3. The van der Waals surface area contributed by atoms with Crippen LogP contribution in [-0.4, -0.2) is 51.6 Å². The van der Waals surface area contributed by atoms with Gasteiger partial charge in [-0.1, -0.05) is 42.5 Å². The zero-order chi connectivity index (χ0) is 25.7. The van der Waals surface area contributed by atoms with E-state index in [2.05, 4.69) is 9.97 Å². The summed E-state index contributed by atoms with van der Waals surface area (Å²) in [6, 6.07) is 16.3. The van der Waals surface area contributed by atoms with Gasteiger partial charge in [0.1, 0.15) is 23.9 Å². The summed E-state index contributed by atoms with van der Waals surface area (Å²) < 4.78 is 3.49. The highest BCUT2D eigenvalue weighted by Gasteiger charge is 2.21. The van der Waals surface area contributed by atoms with E-state index in [1.54, 1.807) is 46.8 Å². The first-order valence-corrected chi connectivity index (χ1v) is 11.8. The van der Waals surface area contributed by atoms with Crippen LogP contribution in [0.4, 0.5) is 0 Å². The number of rotatable bonds is 11. The Morgan fingerprint density at radius 3 is 2.42 bits per heavy atom. The van der Waals surface area contributed by atoms with Crippen molar-refractivity contribution in [2.45, 2.75) is 51.2 Å². The third-order valence-corrected chi connectivity index (χ3v) is 5.93. The monoisotopic (exact) mass is 490 g/mol. The number of carboxylic acids is 1. The number of hydrogen-bond donors (Lipinski definition) is 4. The molecule has 0 bridgehead atoms. The minimum absolute atomic E-state index is 0.160. The highest BCUT2D eigenvalue weighted by atomic mass is 16.4. The molecule has 0 aliphatic carbocycles. The summed E-state index contributed by atoms with van der Waals surface area (Å²) in [5.74, 6) is -0.160. The van der Waals surface area contributed by atoms with Crippen molar-refractivity contribution in [2.75, 3.05) is 0 Å². The van der Waals surface area contributed by atoms with E-state index in [1.165, 1.54) is 6.07 Å². The van der Waals surface area contributed by atoms with E-state index in [4.69, 9.17) is 0 Å². The fourth-order valence-electron chi connectivity index (χ4n) is 4.28. The van der Waals surface area contributed by atoms with E-state index in [9.17, 15) is 25.2 Å². The summed E-state index contributed by atoms with van der Waals surface area (Å²) in [7, 11) is 0. The second-order valence-electron chi connectivity index (χ2n) is 8.90. The molecule has 3 unspecified atom stereocenters.